The third-order valence-electron chi connectivity index (χ3n) is 3.91. The van der Waals surface area contributed by atoms with Crippen LogP contribution in [-0.4, -0.2) is 21.4 Å². The number of nitrogens with zero attached hydrogens (tertiary/aromatic N) is 3. The molecule has 1 saturated carbocycles. The molecule has 5 nitrogen and oxygen atoms in total. The molecule has 0 saturated heterocycles. The Morgan fingerprint density at radius 2 is 2.32 bits per heavy atom. The number of pyridine rings is 1. The van der Waals surface area contributed by atoms with Crippen LogP contribution in [0.2, 0.25) is 0 Å². The van der Waals surface area contributed by atoms with Crippen LogP contribution < -0.4 is 5.32 Å². The topological polar surface area (TPSA) is 78.7 Å². The fraction of sp³-hybridized carbons (Fsp3) is 0.375. The van der Waals surface area contributed by atoms with E-state index in [0.717, 1.165) is 23.4 Å². The molecule has 0 spiro atoms. The Morgan fingerprint density at radius 3 is 2.91 bits per heavy atom. The van der Waals surface area contributed by atoms with Gasteiger partial charge in [-0.05, 0) is 44.7 Å². The molecule has 0 aliphatic heterocycles. The van der Waals surface area contributed by atoms with Crippen LogP contribution in [0.4, 0.5) is 0 Å². The quantitative estimate of drug-likeness (QED) is 0.941. The van der Waals surface area contributed by atoms with Crippen LogP contribution in [0.15, 0.2) is 24.5 Å². The first kappa shape index (κ1) is 14.7. The highest BCUT2D eigenvalue weighted by atomic mass is 32.1. The zero-order valence-corrected chi connectivity index (χ0v) is 13.3. The molecule has 1 unspecified atom stereocenters. The van der Waals surface area contributed by atoms with Crippen LogP contribution in [0.3, 0.4) is 0 Å². The molecular formula is C16H16N4OS. The fourth-order valence-corrected chi connectivity index (χ4v) is 3.35. The zero-order chi connectivity index (χ0) is 15.7. The molecule has 1 amide bonds. The summed E-state index contributed by atoms with van der Waals surface area (Å²) in [6, 6.07) is 5.99. The summed E-state index contributed by atoms with van der Waals surface area (Å²) >= 11 is 1.33. The highest BCUT2D eigenvalue weighted by Crippen LogP contribution is 2.39. The van der Waals surface area contributed by atoms with Gasteiger partial charge in [0.15, 0.2) is 0 Å². The van der Waals surface area contributed by atoms with Gasteiger partial charge in [0.1, 0.15) is 15.4 Å². The molecule has 6 heteroatoms. The van der Waals surface area contributed by atoms with E-state index in [0.29, 0.717) is 10.6 Å². The lowest BCUT2D eigenvalue weighted by molar-refractivity contribution is 0.0920. The average Bonchev–Trinajstić information content (AvgIpc) is 3.31. The minimum absolute atomic E-state index is 0.221. The van der Waals surface area contributed by atoms with Crippen molar-refractivity contribution in [1.82, 2.24) is 15.3 Å². The Hall–Kier alpha value is -2.26. The molecule has 2 aromatic heterocycles. The van der Waals surface area contributed by atoms with Crippen molar-refractivity contribution in [3.8, 4) is 16.6 Å². The van der Waals surface area contributed by atoms with E-state index in [2.05, 4.69) is 21.4 Å². The van der Waals surface area contributed by atoms with E-state index in [-0.39, 0.29) is 11.8 Å². The van der Waals surface area contributed by atoms with Crippen LogP contribution in [0.25, 0.3) is 10.6 Å². The Labute approximate surface area is 133 Å². The number of rotatable bonds is 4. The van der Waals surface area contributed by atoms with Gasteiger partial charge in [0, 0.05) is 18.0 Å². The van der Waals surface area contributed by atoms with Crippen molar-refractivity contribution < 1.29 is 4.79 Å². The van der Waals surface area contributed by atoms with E-state index in [1.807, 2.05) is 19.1 Å². The minimum atomic E-state index is -0.790. The molecule has 0 radical (unpaired) electrons. The first-order valence-corrected chi connectivity index (χ1v) is 7.97. The average molecular weight is 312 g/mol. The summed E-state index contributed by atoms with van der Waals surface area (Å²) in [4.78, 5) is 21.6. The number of aromatic nitrogens is 2. The highest BCUT2D eigenvalue weighted by molar-refractivity contribution is 7.17. The molecule has 2 heterocycles. The molecule has 22 heavy (non-hydrogen) atoms. The number of nitrogens with one attached hydrogen (secondary N) is 1. The Bertz CT molecular complexity index is 745. The van der Waals surface area contributed by atoms with E-state index in [1.165, 1.54) is 11.3 Å². The van der Waals surface area contributed by atoms with Gasteiger partial charge >= 0.3 is 0 Å². The second kappa shape index (κ2) is 5.50. The van der Waals surface area contributed by atoms with Gasteiger partial charge in [-0.1, -0.05) is 0 Å². The summed E-state index contributed by atoms with van der Waals surface area (Å²) in [5.41, 5.74) is 0.777. The Kier molecular flexibility index (Phi) is 3.67. The van der Waals surface area contributed by atoms with Crippen LogP contribution >= 0.6 is 11.3 Å². The summed E-state index contributed by atoms with van der Waals surface area (Å²) < 4.78 is 0. The molecule has 2 aromatic rings. The van der Waals surface area contributed by atoms with Gasteiger partial charge in [0.25, 0.3) is 5.91 Å². The van der Waals surface area contributed by atoms with Gasteiger partial charge in [-0.25, -0.2) is 4.98 Å². The second-order valence-corrected chi connectivity index (χ2v) is 6.72. The number of hydrogen-bond donors (Lipinski definition) is 1. The molecular weight excluding hydrogens is 296 g/mol. The van der Waals surface area contributed by atoms with E-state index < -0.39 is 5.54 Å². The van der Waals surface area contributed by atoms with Crippen LogP contribution in [0.5, 0.6) is 0 Å². The van der Waals surface area contributed by atoms with Crippen molar-refractivity contribution in [2.45, 2.75) is 32.2 Å². The van der Waals surface area contributed by atoms with E-state index in [9.17, 15) is 10.1 Å². The predicted molar refractivity (Wildman–Crippen MR) is 84.3 cm³/mol. The Balaban J connectivity index is 1.85. The van der Waals surface area contributed by atoms with Crippen LogP contribution in [0, 0.1) is 24.2 Å². The third-order valence-corrected chi connectivity index (χ3v) is 5.12. The number of amides is 1. The first-order valence-electron chi connectivity index (χ1n) is 7.15. The van der Waals surface area contributed by atoms with Crippen molar-refractivity contribution >= 4 is 17.2 Å². The highest BCUT2D eigenvalue weighted by Gasteiger charge is 2.43. The number of thiazole rings is 1. The summed E-state index contributed by atoms with van der Waals surface area (Å²) in [6.07, 6.45) is 5.41. The monoisotopic (exact) mass is 312 g/mol. The van der Waals surface area contributed by atoms with Crippen molar-refractivity contribution in [2.75, 3.05) is 0 Å². The fourth-order valence-electron chi connectivity index (χ4n) is 2.39. The molecule has 1 fully saturated rings. The lowest BCUT2D eigenvalue weighted by Crippen LogP contribution is -2.46. The minimum Gasteiger partial charge on any atom is -0.333 e. The van der Waals surface area contributed by atoms with Gasteiger partial charge in [-0.15, -0.1) is 11.3 Å². The third kappa shape index (κ3) is 2.72. The van der Waals surface area contributed by atoms with Gasteiger partial charge in [-0.2, -0.15) is 5.26 Å². The molecule has 1 aliphatic carbocycles. The smallest absolute Gasteiger partial charge is 0.264 e. The Morgan fingerprint density at radius 1 is 1.55 bits per heavy atom. The van der Waals surface area contributed by atoms with Crippen LogP contribution in [0.1, 0.15) is 35.1 Å². The van der Waals surface area contributed by atoms with Gasteiger partial charge in [0.05, 0.1) is 11.8 Å². The van der Waals surface area contributed by atoms with Crippen molar-refractivity contribution in [1.29, 1.82) is 5.26 Å². The maximum atomic E-state index is 12.5. The largest absolute Gasteiger partial charge is 0.333 e. The molecule has 1 aliphatic rings. The number of nitriles is 1. The molecule has 0 bridgehead atoms. The van der Waals surface area contributed by atoms with Crippen molar-refractivity contribution in [2.24, 2.45) is 5.92 Å². The standard InChI is InChI=1S/C16H16N4OS/c1-10-13(14(21)20-16(2,9-17)12-5-6-12)22-15(19-10)11-4-3-7-18-8-11/h3-4,7-8,12H,5-6H2,1-2H3,(H,20,21). The van der Waals surface area contributed by atoms with Gasteiger partial charge < -0.3 is 5.32 Å². The maximum Gasteiger partial charge on any atom is 0.264 e. The molecule has 1 atom stereocenters. The van der Waals surface area contributed by atoms with E-state index >= 15 is 0 Å². The number of carbonyl (C=O) groups excluding carboxylic acids is 1. The summed E-state index contributed by atoms with van der Waals surface area (Å²) in [6.45, 7) is 3.60. The first-order chi connectivity index (χ1) is 10.5. The summed E-state index contributed by atoms with van der Waals surface area (Å²) in [7, 11) is 0. The maximum absolute atomic E-state index is 12.5. The van der Waals surface area contributed by atoms with E-state index in [4.69, 9.17) is 0 Å². The van der Waals surface area contributed by atoms with Crippen molar-refractivity contribution in [3.63, 3.8) is 0 Å². The zero-order valence-electron chi connectivity index (χ0n) is 12.5. The lowest BCUT2D eigenvalue weighted by atomic mass is 9.98. The second-order valence-electron chi connectivity index (χ2n) is 5.72. The predicted octanol–water partition coefficient (Wildman–Crippen LogP) is 2.94. The number of aryl methyl sites for hydroxylation is 1. The number of hydrogen-bond acceptors (Lipinski definition) is 5. The lowest BCUT2D eigenvalue weighted by Gasteiger charge is -2.22. The van der Waals surface area contributed by atoms with Gasteiger partial charge in [-0.3, -0.25) is 9.78 Å². The summed E-state index contributed by atoms with van der Waals surface area (Å²) in [5.74, 6) is 0.0357. The molecule has 1 N–H and O–H groups in total. The SMILES string of the molecule is Cc1nc(-c2cccnc2)sc1C(=O)NC(C)(C#N)C1CC1. The van der Waals surface area contributed by atoms with Crippen molar-refractivity contribution in [3.05, 3.63) is 35.1 Å². The summed E-state index contributed by atoms with van der Waals surface area (Å²) in [5, 5.41) is 13.0. The number of carbonyl (C=O) groups is 1. The molecule has 3 rings (SSSR count). The van der Waals surface area contributed by atoms with E-state index in [1.54, 1.807) is 19.3 Å². The molecule has 112 valence electrons. The van der Waals surface area contributed by atoms with Gasteiger partial charge in [0.2, 0.25) is 0 Å². The normalized spacial score (nSPS) is 16.6. The van der Waals surface area contributed by atoms with Crippen LogP contribution in [-0.2, 0) is 0 Å². The molecule has 0 aromatic carbocycles.